The van der Waals surface area contributed by atoms with Crippen LogP contribution in [0.2, 0.25) is 5.02 Å². The Bertz CT molecular complexity index is 805. The lowest BCUT2D eigenvalue weighted by molar-refractivity contribution is -0.153. The molecule has 1 amide bonds. The van der Waals surface area contributed by atoms with Crippen LogP contribution in [-0.2, 0) is 14.3 Å². The van der Waals surface area contributed by atoms with Crippen molar-refractivity contribution >= 4 is 41.0 Å². The fourth-order valence-electron chi connectivity index (χ4n) is 6.14. The molecule has 0 spiro atoms. The zero-order valence-corrected chi connectivity index (χ0v) is 19.5. The number of ether oxygens (including phenoxy) is 1. The van der Waals surface area contributed by atoms with Gasteiger partial charge in [0.25, 0.3) is 0 Å². The first kappa shape index (κ1) is 22.7. The predicted octanol–water partition coefficient (Wildman–Crippen LogP) is 4.52. The van der Waals surface area contributed by atoms with Gasteiger partial charge >= 0.3 is 5.97 Å². The fourth-order valence-corrected chi connectivity index (χ4v) is 6.74. The second-order valence-corrected chi connectivity index (χ2v) is 11.0. The van der Waals surface area contributed by atoms with Crippen LogP contribution in [-0.4, -0.2) is 42.3 Å². The van der Waals surface area contributed by atoms with Gasteiger partial charge in [0.05, 0.1) is 0 Å². The first-order valence-corrected chi connectivity index (χ1v) is 12.9. The van der Waals surface area contributed by atoms with Crippen molar-refractivity contribution in [2.45, 2.75) is 51.0 Å². The molecule has 0 unspecified atom stereocenters. The van der Waals surface area contributed by atoms with E-state index in [1.807, 2.05) is 6.26 Å². The molecular formula is C24H30ClNO4S. The Kier molecular flexibility index (Phi) is 6.97. The van der Waals surface area contributed by atoms with Gasteiger partial charge in [-0.2, -0.15) is 11.8 Å². The number of hydrogen-bond acceptors (Lipinski definition) is 5. The molecule has 1 aromatic rings. The van der Waals surface area contributed by atoms with E-state index < -0.39 is 12.0 Å². The Morgan fingerprint density at radius 3 is 2.23 bits per heavy atom. The van der Waals surface area contributed by atoms with Crippen molar-refractivity contribution < 1.29 is 19.1 Å². The van der Waals surface area contributed by atoms with E-state index in [9.17, 15) is 14.4 Å². The Labute approximate surface area is 193 Å². The number of esters is 1. The van der Waals surface area contributed by atoms with Gasteiger partial charge < -0.3 is 10.1 Å². The van der Waals surface area contributed by atoms with Crippen molar-refractivity contribution in [1.82, 2.24) is 5.32 Å². The quantitative estimate of drug-likeness (QED) is 0.430. The van der Waals surface area contributed by atoms with Gasteiger partial charge in [-0.15, -0.1) is 0 Å². The Hall–Kier alpha value is -1.53. The number of benzene rings is 1. The average molecular weight is 464 g/mol. The van der Waals surface area contributed by atoms with Crippen LogP contribution in [0.3, 0.4) is 0 Å². The van der Waals surface area contributed by atoms with Crippen LogP contribution in [0.1, 0.15) is 55.3 Å². The van der Waals surface area contributed by atoms with Crippen molar-refractivity contribution in [3.8, 4) is 0 Å². The lowest BCUT2D eigenvalue weighted by Gasteiger charge is -2.55. The molecule has 5 nitrogen and oxygen atoms in total. The van der Waals surface area contributed by atoms with E-state index in [0.717, 1.165) is 25.0 Å². The third-order valence-corrected chi connectivity index (χ3v) is 8.13. The highest BCUT2D eigenvalue weighted by atomic mass is 35.5. The van der Waals surface area contributed by atoms with Gasteiger partial charge in [-0.1, -0.05) is 11.6 Å². The van der Waals surface area contributed by atoms with Gasteiger partial charge in [-0.3, -0.25) is 9.59 Å². The van der Waals surface area contributed by atoms with Crippen LogP contribution in [0.4, 0.5) is 0 Å². The minimum Gasteiger partial charge on any atom is -0.456 e. The Morgan fingerprint density at radius 2 is 1.68 bits per heavy atom. The number of nitrogens with one attached hydrogen (secondary N) is 1. The summed E-state index contributed by atoms with van der Waals surface area (Å²) in [7, 11) is 0. The molecule has 1 atom stereocenters. The summed E-state index contributed by atoms with van der Waals surface area (Å²) in [5, 5.41) is 3.56. The minimum absolute atomic E-state index is 0.0127. The maximum atomic E-state index is 13.4. The van der Waals surface area contributed by atoms with E-state index in [-0.39, 0.29) is 23.7 Å². The van der Waals surface area contributed by atoms with Crippen molar-refractivity contribution in [3.63, 3.8) is 0 Å². The summed E-state index contributed by atoms with van der Waals surface area (Å²) in [6.07, 6.45) is 9.09. The molecule has 1 N–H and O–H groups in total. The lowest BCUT2D eigenvalue weighted by atomic mass is 9.49. The van der Waals surface area contributed by atoms with Gasteiger partial charge in [0.2, 0.25) is 5.91 Å². The highest BCUT2D eigenvalue weighted by molar-refractivity contribution is 7.98. The topological polar surface area (TPSA) is 72.5 Å². The standard InChI is InChI=1S/C24H30ClNO4S/c1-31-7-6-20(22(28)30-14-21(27)18-2-4-19(25)5-3-18)26-23(29)24-11-15-8-16(12-24)10-17(9-15)13-24/h2-5,15-17,20H,6-14H2,1H3,(H,26,29)/t15?,16?,17?,20-,24?/m1/s1. The molecule has 4 saturated carbocycles. The SMILES string of the molecule is CSCC[C@@H](NC(=O)C12CC3CC(CC(C3)C1)C2)C(=O)OCC(=O)c1ccc(Cl)cc1. The Morgan fingerprint density at radius 1 is 1.10 bits per heavy atom. The lowest BCUT2D eigenvalue weighted by Crippen LogP contribution is -2.56. The molecule has 168 valence electrons. The number of carbonyl (C=O) groups excluding carboxylic acids is 3. The molecule has 0 saturated heterocycles. The molecular weight excluding hydrogens is 434 g/mol. The fraction of sp³-hybridized carbons (Fsp3) is 0.625. The van der Waals surface area contributed by atoms with E-state index in [1.54, 1.807) is 36.0 Å². The second-order valence-electron chi connectivity index (χ2n) is 9.54. The van der Waals surface area contributed by atoms with Crippen molar-refractivity contribution in [1.29, 1.82) is 0 Å². The predicted molar refractivity (Wildman–Crippen MR) is 122 cm³/mol. The Balaban J connectivity index is 1.37. The number of rotatable bonds is 9. The van der Waals surface area contributed by atoms with Gasteiger partial charge in [0, 0.05) is 16.0 Å². The van der Waals surface area contributed by atoms with Crippen LogP contribution in [0.15, 0.2) is 24.3 Å². The third kappa shape index (κ3) is 5.11. The highest BCUT2D eigenvalue weighted by Gasteiger charge is 2.55. The second kappa shape index (κ2) is 9.53. The highest BCUT2D eigenvalue weighted by Crippen LogP contribution is 2.60. The largest absolute Gasteiger partial charge is 0.456 e. The van der Waals surface area contributed by atoms with Gasteiger partial charge in [0.1, 0.15) is 6.04 Å². The number of halogens is 1. The van der Waals surface area contributed by atoms with Crippen molar-refractivity contribution in [3.05, 3.63) is 34.9 Å². The first-order valence-electron chi connectivity index (χ1n) is 11.1. The van der Waals surface area contributed by atoms with Crippen molar-refractivity contribution in [2.75, 3.05) is 18.6 Å². The molecule has 4 aliphatic carbocycles. The third-order valence-electron chi connectivity index (χ3n) is 7.23. The molecule has 5 rings (SSSR count). The summed E-state index contributed by atoms with van der Waals surface area (Å²) in [5.41, 5.74) is 0.127. The molecule has 4 fully saturated rings. The molecule has 0 aromatic heterocycles. The molecule has 0 radical (unpaired) electrons. The van der Waals surface area contributed by atoms with Crippen LogP contribution < -0.4 is 5.32 Å². The number of thioether (sulfide) groups is 1. The monoisotopic (exact) mass is 463 g/mol. The zero-order valence-electron chi connectivity index (χ0n) is 17.9. The molecule has 0 heterocycles. The number of carbonyl (C=O) groups is 3. The van der Waals surface area contributed by atoms with E-state index in [0.29, 0.717) is 34.8 Å². The smallest absolute Gasteiger partial charge is 0.329 e. The van der Waals surface area contributed by atoms with E-state index in [1.165, 1.54) is 19.3 Å². The van der Waals surface area contributed by atoms with E-state index >= 15 is 0 Å². The van der Waals surface area contributed by atoms with Gasteiger partial charge in [0.15, 0.2) is 12.4 Å². The maximum Gasteiger partial charge on any atom is 0.329 e. The van der Waals surface area contributed by atoms with Gasteiger partial charge in [-0.05, 0) is 99.0 Å². The molecule has 0 aliphatic heterocycles. The molecule has 1 aromatic carbocycles. The minimum atomic E-state index is -0.717. The summed E-state index contributed by atoms with van der Waals surface area (Å²) < 4.78 is 5.32. The van der Waals surface area contributed by atoms with Crippen molar-refractivity contribution in [2.24, 2.45) is 23.2 Å². The van der Waals surface area contributed by atoms with Crippen LogP contribution in [0, 0.1) is 23.2 Å². The normalized spacial score (nSPS) is 29.4. The summed E-state index contributed by atoms with van der Waals surface area (Å²) in [4.78, 5) is 38.5. The number of amides is 1. The van der Waals surface area contributed by atoms with Crippen LogP contribution in [0.25, 0.3) is 0 Å². The number of hydrogen-bond donors (Lipinski definition) is 1. The van der Waals surface area contributed by atoms with E-state index in [4.69, 9.17) is 16.3 Å². The number of Topliss-reactive ketones (excluding diaryl/α,β-unsaturated/α-hetero) is 1. The summed E-state index contributed by atoms with van der Waals surface area (Å²) in [5.74, 6) is 1.89. The van der Waals surface area contributed by atoms with E-state index in [2.05, 4.69) is 5.32 Å². The van der Waals surface area contributed by atoms with Crippen LogP contribution in [0.5, 0.6) is 0 Å². The molecule has 4 bridgehead atoms. The zero-order chi connectivity index (χ0) is 22.0. The molecule has 7 heteroatoms. The first-order chi connectivity index (χ1) is 14.9. The summed E-state index contributed by atoms with van der Waals surface area (Å²) in [6, 6.07) is 5.76. The van der Waals surface area contributed by atoms with Gasteiger partial charge in [-0.25, -0.2) is 4.79 Å². The molecule has 4 aliphatic rings. The van der Waals surface area contributed by atoms with Crippen LogP contribution >= 0.6 is 23.4 Å². The number of ketones is 1. The molecule has 31 heavy (non-hydrogen) atoms. The average Bonchev–Trinajstić information content (AvgIpc) is 2.74. The summed E-state index contributed by atoms with van der Waals surface area (Å²) in [6.45, 7) is -0.344. The maximum absolute atomic E-state index is 13.4. The summed E-state index contributed by atoms with van der Waals surface area (Å²) >= 11 is 7.47.